The fraction of sp³-hybridized carbons (Fsp3) is 0.906. The van der Waals surface area contributed by atoms with Gasteiger partial charge in [0, 0.05) is 13.0 Å². The minimum absolute atomic E-state index is 0.0935. The molecule has 238 valence electrons. The van der Waals surface area contributed by atoms with E-state index in [1.165, 1.54) is 103 Å². The number of carbonyl (C=O) groups is 2. The average molecular weight is 571 g/mol. The summed E-state index contributed by atoms with van der Waals surface area (Å²) in [5.74, 6) is -0.742. The number of nitrogens with two attached hydrogens (primary N) is 2. The van der Waals surface area contributed by atoms with E-state index in [-0.39, 0.29) is 18.0 Å². The Bertz CT molecular complexity index is 583. The molecule has 0 aromatic heterocycles. The number of hydrogen-bond donors (Lipinski definition) is 4. The minimum atomic E-state index is -0.659. The molecule has 0 heterocycles. The lowest BCUT2D eigenvalue weighted by Crippen LogP contribution is -2.38. The summed E-state index contributed by atoms with van der Waals surface area (Å²) in [7, 11) is 0. The molecule has 8 nitrogen and oxygen atoms in total. The number of carboxylic acid groups (broad SMARTS) is 1. The molecule has 0 aromatic rings. The Morgan fingerprint density at radius 2 is 1.15 bits per heavy atom. The predicted molar refractivity (Wildman–Crippen MR) is 170 cm³/mol. The number of nitrogens with zero attached hydrogens (tertiary/aromatic N) is 1. The maximum atomic E-state index is 12.0. The molecule has 0 amide bonds. The first-order valence-electron chi connectivity index (χ1n) is 16.6. The minimum Gasteiger partial charge on any atom is -0.481 e. The first-order valence-corrected chi connectivity index (χ1v) is 16.6. The summed E-state index contributed by atoms with van der Waals surface area (Å²) in [5.41, 5.74) is 10.6. The van der Waals surface area contributed by atoms with Gasteiger partial charge in [-0.3, -0.25) is 14.6 Å². The van der Waals surface area contributed by atoms with Crippen LogP contribution in [0.2, 0.25) is 0 Å². The lowest BCUT2D eigenvalue weighted by atomic mass is 10.1. The molecule has 0 rings (SSSR count). The zero-order chi connectivity index (χ0) is 30.1. The SMILES string of the molecule is CCCCCCCCCCCC(=O)O.CCCCCCCCCCCCN[C@@H](CCCN=C(N)N)C(=O)OCC. The number of guanidine groups is 1. The van der Waals surface area contributed by atoms with Crippen LogP contribution in [0.1, 0.15) is 162 Å². The van der Waals surface area contributed by atoms with Crippen LogP contribution in [0, 0.1) is 0 Å². The molecular formula is C32H66N4O4. The Balaban J connectivity index is 0. The summed E-state index contributed by atoms with van der Waals surface area (Å²) in [6.45, 7) is 8.11. The summed E-state index contributed by atoms with van der Waals surface area (Å²) in [4.78, 5) is 26.2. The number of carboxylic acids is 1. The van der Waals surface area contributed by atoms with Crippen LogP contribution in [0.15, 0.2) is 4.99 Å². The predicted octanol–water partition coefficient (Wildman–Crippen LogP) is 7.47. The van der Waals surface area contributed by atoms with Gasteiger partial charge < -0.3 is 26.6 Å². The highest BCUT2D eigenvalue weighted by molar-refractivity contribution is 5.76. The summed E-state index contributed by atoms with van der Waals surface area (Å²) in [6, 6.07) is -0.261. The Morgan fingerprint density at radius 1 is 0.700 bits per heavy atom. The van der Waals surface area contributed by atoms with Crippen LogP contribution in [0.4, 0.5) is 0 Å². The van der Waals surface area contributed by atoms with Gasteiger partial charge >= 0.3 is 11.9 Å². The van der Waals surface area contributed by atoms with Crippen molar-refractivity contribution >= 4 is 17.9 Å². The first kappa shape index (κ1) is 40.3. The van der Waals surface area contributed by atoms with Crippen LogP contribution in [-0.2, 0) is 14.3 Å². The molecule has 0 aromatic carbocycles. The molecule has 0 aliphatic rings. The highest BCUT2D eigenvalue weighted by atomic mass is 16.5. The van der Waals surface area contributed by atoms with Crippen LogP contribution in [0.5, 0.6) is 0 Å². The number of nitrogens with one attached hydrogen (secondary N) is 1. The molecule has 0 aliphatic carbocycles. The van der Waals surface area contributed by atoms with Gasteiger partial charge in [0.2, 0.25) is 0 Å². The summed E-state index contributed by atoms with van der Waals surface area (Å²) in [6.07, 6.45) is 26.0. The number of unbranched alkanes of at least 4 members (excludes halogenated alkanes) is 17. The van der Waals surface area contributed by atoms with E-state index in [2.05, 4.69) is 24.2 Å². The Hall–Kier alpha value is -1.83. The Labute approximate surface area is 246 Å². The van der Waals surface area contributed by atoms with E-state index in [9.17, 15) is 9.59 Å². The summed E-state index contributed by atoms with van der Waals surface area (Å²) >= 11 is 0. The van der Waals surface area contributed by atoms with Crippen molar-refractivity contribution in [2.45, 2.75) is 168 Å². The highest BCUT2D eigenvalue weighted by Crippen LogP contribution is 2.11. The van der Waals surface area contributed by atoms with Gasteiger partial charge in [0.25, 0.3) is 0 Å². The highest BCUT2D eigenvalue weighted by Gasteiger charge is 2.18. The molecule has 0 aliphatic heterocycles. The van der Waals surface area contributed by atoms with Gasteiger partial charge in [-0.25, -0.2) is 0 Å². The van der Waals surface area contributed by atoms with Gasteiger partial charge in [-0.2, -0.15) is 0 Å². The van der Waals surface area contributed by atoms with Gasteiger partial charge in [0.05, 0.1) is 6.61 Å². The van der Waals surface area contributed by atoms with Crippen molar-refractivity contribution in [1.82, 2.24) is 5.32 Å². The zero-order valence-corrected chi connectivity index (χ0v) is 26.5. The molecule has 40 heavy (non-hydrogen) atoms. The van der Waals surface area contributed by atoms with E-state index in [4.69, 9.17) is 21.3 Å². The number of hydrogen-bond acceptors (Lipinski definition) is 5. The second-order valence-electron chi connectivity index (χ2n) is 10.9. The van der Waals surface area contributed by atoms with Crippen molar-refractivity contribution in [1.29, 1.82) is 0 Å². The second-order valence-corrected chi connectivity index (χ2v) is 10.9. The zero-order valence-electron chi connectivity index (χ0n) is 26.5. The summed E-state index contributed by atoms with van der Waals surface area (Å²) in [5, 5.41) is 11.7. The topological polar surface area (TPSA) is 140 Å². The van der Waals surface area contributed by atoms with Crippen molar-refractivity contribution in [3.63, 3.8) is 0 Å². The molecule has 0 radical (unpaired) electrons. The quantitative estimate of drug-likeness (QED) is 0.0331. The summed E-state index contributed by atoms with van der Waals surface area (Å²) < 4.78 is 5.15. The number of carbonyl (C=O) groups excluding carboxylic acids is 1. The maximum absolute atomic E-state index is 12.0. The van der Waals surface area contributed by atoms with E-state index in [1.54, 1.807) is 0 Å². The van der Waals surface area contributed by atoms with E-state index in [0.29, 0.717) is 26.0 Å². The molecule has 6 N–H and O–H groups in total. The molecule has 0 unspecified atom stereocenters. The van der Waals surface area contributed by atoms with E-state index in [0.717, 1.165) is 32.2 Å². The molecule has 0 bridgehead atoms. The third-order valence-corrected chi connectivity index (χ3v) is 6.93. The third kappa shape index (κ3) is 34.2. The van der Waals surface area contributed by atoms with Crippen LogP contribution in [0.3, 0.4) is 0 Å². The average Bonchev–Trinajstić information content (AvgIpc) is 2.92. The molecule has 0 fully saturated rings. The second kappa shape index (κ2) is 33.4. The standard InChI is InChI=1S/C20H42N4O2.C12H24O2/c1-3-5-6-7-8-9-10-11-12-13-16-23-18(19(25)26-4-2)15-14-17-24-20(21)22;1-2-3-4-5-6-7-8-9-10-11-12(13)14/h18,23H,3-17H2,1-2H3,(H4,21,22,24);2-11H2,1H3,(H,13,14)/t18-;/m0./s1. The lowest BCUT2D eigenvalue weighted by Gasteiger charge is -2.17. The number of esters is 1. The van der Waals surface area contributed by atoms with E-state index >= 15 is 0 Å². The van der Waals surface area contributed by atoms with E-state index in [1.807, 2.05) is 6.92 Å². The van der Waals surface area contributed by atoms with Gasteiger partial charge in [0.15, 0.2) is 5.96 Å². The fourth-order valence-electron chi connectivity index (χ4n) is 4.53. The van der Waals surface area contributed by atoms with Crippen LogP contribution in [0.25, 0.3) is 0 Å². The van der Waals surface area contributed by atoms with Gasteiger partial charge in [-0.1, -0.05) is 123 Å². The van der Waals surface area contributed by atoms with Crippen LogP contribution < -0.4 is 16.8 Å². The Morgan fingerprint density at radius 3 is 1.57 bits per heavy atom. The molecule has 1 atom stereocenters. The van der Waals surface area contributed by atoms with Crippen LogP contribution in [-0.4, -0.2) is 48.7 Å². The third-order valence-electron chi connectivity index (χ3n) is 6.93. The van der Waals surface area contributed by atoms with Gasteiger partial charge in [-0.15, -0.1) is 0 Å². The van der Waals surface area contributed by atoms with Crippen LogP contribution >= 0.6 is 0 Å². The molecule has 0 saturated heterocycles. The molecular weight excluding hydrogens is 504 g/mol. The van der Waals surface area contributed by atoms with Crippen molar-refractivity contribution in [3.8, 4) is 0 Å². The monoisotopic (exact) mass is 571 g/mol. The molecule has 0 spiro atoms. The largest absolute Gasteiger partial charge is 0.481 e. The maximum Gasteiger partial charge on any atom is 0.323 e. The van der Waals surface area contributed by atoms with Crippen molar-refractivity contribution in [3.05, 3.63) is 0 Å². The van der Waals surface area contributed by atoms with Gasteiger partial charge in [-0.05, 0) is 39.2 Å². The normalized spacial score (nSPS) is 11.4. The van der Waals surface area contributed by atoms with E-state index < -0.39 is 5.97 Å². The molecule has 0 saturated carbocycles. The first-order chi connectivity index (χ1) is 19.4. The molecule has 8 heteroatoms. The Kier molecular flexibility index (Phi) is 33.6. The van der Waals surface area contributed by atoms with Gasteiger partial charge in [0.1, 0.15) is 6.04 Å². The number of rotatable bonds is 28. The van der Waals surface area contributed by atoms with Crippen molar-refractivity contribution < 1.29 is 19.4 Å². The number of aliphatic carboxylic acids is 1. The number of aliphatic imine (C=N–C) groups is 1. The smallest absolute Gasteiger partial charge is 0.323 e. The van der Waals surface area contributed by atoms with Crippen molar-refractivity contribution in [2.75, 3.05) is 19.7 Å². The lowest BCUT2D eigenvalue weighted by molar-refractivity contribution is -0.146. The van der Waals surface area contributed by atoms with Crippen molar-refractivity contribution in [2.24, 2.45) is 16.5 Å². The fourth-order valence-corrected chi connectivity index (χ4v) is 4.53. The number of ether oxygens (including phenoxy) is 1.